The second kappa shape index (κ2) is 4.34. The first-order chi connectivity index (χ1) is 8.72. The summed E-state index contributed by atoms with van der Waals surface area (Å²) in [4.78, 5) is 0. The number of benzene rings is 3. The van der Waals surface area contributed by atoms with Crippen LogP contribution in [0.15, 0.2) is 42.5 Å². The van der Waals surface area contributed by atoms with E-state index in [0.29, 0.717) is 10.0 Å². The van der Waals surface area contributed by atoms with Crippen molar-refractivity contribution in [1.82, 2.24) is 0 Å². The molecule has 0 aliphatic carbocycles. The first kappa shape index (κ1) is 11.6. The van der Waals surface area contributed by atoms with Gasteiger partial charge in [0.05, 0.1) is 7.11 Å². The minimum Gasteiger partial charge on any atom is -0.495 e. The molecule has 3 rings (SSSR count). The molecular weight excluding hydrogens is 267 g/mol. The van der Waals surface area contributed by atoms with Crippen LogP contribution in [0.2, 0.25) is 10.0 Å². The van der Waals surface area contributed by atoms with Gasteiger partial charge in [-0.2, -0.15) is 0 Å². The Balaban J connectivity index is 2.61. The molecule has 0 spiro atoms. The summed E-state index contributed by atoms with van der Waals surface area (Å²) in [6.07, 6.45) is 0. The van der Waals surface area contributed by atoms with Gasteiger partial charge in [-0.25, -0.2) is 0 Å². The first-order valence-electron chi connectivity index (χ1n) is 5.56. The van der Waals surface area contributed by atoms with Gasteiger partial charge in [0.25, 0.3) is 0 Å². The molecule has 3 heteroatoms. The quantitative estimate of drug-likeness (QED) is 0.548. The Morgan fingerprint density at radius 1 is 0.778 bits per heavy atom. The van der Waals surface area contributed by atoms with E-state index in [9.17, 15) is 0 Å². The predicted molar refractivity (Wildman–Crippen MR) is 78.0 cm³/mol. The van der Waals surface area contributed by atoms with Crippen LogP contribution in [0.5, 0.6) is 5.75 Å². The van der Waals surface area contributed by atoms with E-state index in [0.717, 1.165) is 27.3 Å². The minimum atomic E-state index is 0.701. The Hall–Kier alpha value is -1.44. The molecule has 90 valence electrons. The molecule has 1 nitrogen and oxygen atoms in total. The van der Waals surface area contributed by atoms with Gasteiger partial charge in [0.2, 0.25) is 0 Å². The third-order valence-corrected chi connectivity index (χ3v) is 3.75. The fraction of sp³-hybridized carbons (Fsp3) is 0.0667. The largest absolute Gasteiger partial charge is 0.495 e. The maximum absolute atomic E-state index is 6.24. The van der Waals surface area contributed by atoms with Gasteiger partial charge in [0.15, 0.2) is 0 Å². The molecule has 0 saturated carbocycles. The molecule has 0 N–H and O–H groups in total. The lowest BCUT2D eigenvalue weighted by Crippen LogP contribution is -1.88. The van der Waals surface area contributed by atoms with Gasteiger partial charge < -0.3 is 4.74 Å². The summed E-state index contributed by atoms with van der Waals surface area (Å²) in [5.74, 6) is 0.813. The topological polar surface area (TPSA) is 9.23 Å². The Kier molecular flexibility index (Phi) is 2.81. The van der Waals surface area contributed by atoms with E-state index < -0.39 is 0 Å². The third kappa shape index (κ3) is 1.63. The summed E-state index contributed by atoms with van der Waals surface area (Å²) in [5, 5.41) is 5.31. The highest BCUT2D eigenvalue weighted by molar-refractivity contribution is 6.38. The zero-order chi connectivity index (χ0) is 12.7. The molecule has 0 aliphatic heterocycles. The van der Waals surface area contributed by atoms with Crippen molar-refractivity contribution in [1.29, 1.82) is 0 Å². The molecule has 0 radical (unpaired) electrons. The number of halogens is 2. The van der Waals surface area contributed by atoms with Gasteiger partial charge in [-0.1, -0.05) is 47.5 Å². The lowest BCUT2D eigenvalue weighted by Gasteiger charge is -2.11. The number of rotatable bonds is 1. The summed E-state index contributed by atoms with van der Waals surface area (Å²) in [7, 11) is 1.66. The van der Waals surface area contributed by atoms with Crippen LogP contribution in [-0.2, 0) is 0 Å². The zero-order valence-electron chi connectivity index (χ0n) is 9.71. The highest BCUT2D eigenvalue weighted by atomic mass is 35.5. The van der Waals surface area contributed by atoms with E-state index in [-0.39, 0.29) is 0 Å². The standard InChI is InChI=1S/C15H10Cl2O/c1-18-15-9-4-2-6-13(16)11(9)8-12-10(15)5-3-7-14(12)17/h2-8H,1H3. The molecule has 0 bridgehead atoms. The summed E-state index contributed by atoms with van der Waals surface area (Å²) >= 11 is 12.5. The lowest BCUT2D eigenvalue weighted by atomic mass is 10.0. The van der Waals surface area contributed by atoms with Crippen molar-refractivity contribution in [3.8, 4) is 5.75 Å². The number of hydrogen-bond donors (Lipinski definition) is 0. The fourth-order valence-corrected chi connectivity index (χ4v) is 2.73. The van der Waals surface area contributed by atoms with Crippen LogP contribution >= 0.6 is 23.2 Å². The highest BCUT2D eigenvalue weighted by Gasteiger charge is 2.11. The third-order valence-electron chi connectivity index (χ3n) is 3.09. The van der Waals surface area contributed by atoms with Crippen molar-refractivity contribution in [2.75, 3.05) is 7.11 Å². The number of hydrogen-bond acceptors (Lipinski definition) is 1. The van der Waals surface area contributed by atoms with E-state index in [1.54, 1.807) is 7.11 Å². The van der Waals surface area contributed by atoms with Crippen molar-refractivity contribution < 1.29 is 4.74 Å². The van der Waals surface area contributed by atoms with Crippen LogP contribution in [0.1, 0.15) is 0 Å². The Bertz CT molecular complexity index is 690. The second-order valence-corrected chi connectivity index (χ2v) is 4.89. The lowest BCUT2D eigenvalue weighted by molar-refractivity contribution is 0.424. The Labute approximate surface area is 115 Å². The number of methoxy groups -OCH3 is 1. The molecule has 0 saturated heterocycles. The smallest absolute Gasteiger partial charge is 0.134 e. The van der Waals surface area contributed by atoms with Crippen LogP contribution in [0.4, 0.5) is 0 Å². The number of fused-ring (bicyclic) bond motifs is 2. The van der Waals surface area contributed by atoms with Gasteiger partial charge in [-0.15, -0.1) is 0 Å². The van der Waals surface area contributed by atoms with Gasteiger partial charge >= 0.3 is 0 Å². The SMILES string of the molecule is COc1c2cccc(Cl)c2cc2c(Cl)cccc12. The molecule has 3 aromatic rings. The Morgan fingerprint density at radius 2 is 1.28 bits per heavy atom. The molecule has 0 aromatic heterocycles. The van der Waals surface area contributed by atoms with Crippen molar-refractivity contribution in [2.24, 2.45) is 0 Å². The van der Waals surface area contributed by atoms with E-state index in [4.69, 9.17) is 27.9 Å². The molecule has 0 amide bonds. The normalized spacial score (nSPS) is 11.1. The summed E-state index contributed by atoms with van der Waals surface area (Å²) in [5.41, 5.74) is 0. The highest BCUT2D eigenvalue weighted by Crippen LogP contribution is 2.39. The van der Waals surface area contributed by atoms with Gasteiger partial charge in [0.1, 0.15) is 5.75 Å². The molecule has 0 aliphatic rings. The average molecular weight is 277 g/mol. The van der Waals surface area contributed by atoms with Gasteiger partial charge in [-0.05, 0) is 18.2 Å². The van der Waals surface area contributed by atoms with Crippen LogP contribution < -0.4 is 4.74 Å². The minimum absolute atomic E-state index is 0.701. The summed E-state index contributed by atoms with van der Waals surface area (Å²) < 4.78 is 5.53. The fourth-order valence-electron chi connectivity index (χ4n) is 2.27. The van der Waals surface area contributed by atoms with Crippen molar-refractivity contribution in [3.05, 3.63) is 52.5 Å². The van der Waals surface area contributed by atoms with Crippen LogP contribution in [0.3, 0.4) is 0 Å². The first-order valence-corrected chi connectivity index (χ1v) is 6.31. The molecule has 3 aromatic carbocycles. The van der Waals surface area contributed by atoms with Crippen molar-refractivity contribution in [3.63, 3.8) is 0 Å². The van der Waals surface area contributed by atoms with Crippen LogP contribution in [0.25, 0.3) is 21.5 Å². The molecule has 0 heterocycles. The average Bonchev–Trinajstić information content (AvgIpc) is 2.38. The van der Waals surface area contributed by atoms with Crippen LogP contribution in [0, 0.1) is 0 Å². The maximum Gasteiger partial charge on any atom is 0.134 e. The summed E-state index contributed by atoms with van der Waals surface area (Å²) in [6, 6.07) is 13.6. The molecule has 18 heavy (non-hydrogen) atoms. The van der Waals surface area contributed by atoms with Gasteiger partial charge in [0, 0.05) is 31.6 Å². The van der Waals surface area contributed by atoms with E-state index in [1.807, 2.05) is 42.5 Å². The Morgan fingerprint density at radius 3 is 1.72 bits per heavy atom. The van der Waals surface area contributed by atoms with E-state index >= 15 is 0 Å². The number of ether oxygens (including phenoxy) is 1. The summed E-state index contributed by atoms with van der Waals surface area (Å²) in [6.45, 7) is 0. The monoisotopic (exact) mass is 276 g/mol. The molecule has 0 atom stereocenters. The zero-order valence-corrected chi connectivity index (χ0v) is 11.2. The maximum atomic E-state index is 6.24. The van der Waals surface area contributed by atoms with Crippen molar-refractivity contribution >= 4 is 44.7 Å². The second-order valence-electron chi connectivity index (χ2n) is 4.08. The van der Waals surface area contributed by atoms with Crippen molar-refractivity contribution in [2.45, 2.75) is 0 Å². The molecule has 0 unspecified atom stereocenters. The molecule has 0 fully saturated rings. The molecular formula is C15H10Cl2O. The predicted octanol–water partition coefficient (Wildman–Crippen LogP) is 5.31. The van der Waals surface area contributed by atoms with Gasteiger partial charge in [-0.3, -0.25) is 0 Å². The van der Waals surface area contributed by atoms with Crippen LogP contribution in [-0.4, -0.2) is 7.11 Å². The van der Waals surface area contributed by atoms with E-state index in [2.05, 4.69) is 0 Å². The van der Waals surface area contributed by atoms with E-state index in [1.165, 1.54) is 0 Å².